The molecule has 2 aromatic rings. The molecule has 2 aromatic carbocycles. The van der Waals surface area contributed by atoms with Crippen LogP contribution in [0.4, 0.5) is 0 Å². The lowest BCUT2D eigenvalue weighted by Crippen LogP contribution is -1.88. The van der Waals surface area contributed by atoms with Crippen LogP contribution in [0.5, 0.6) is 0 Å². The van der Waals surface area contributed by atoms with Gasteiger partial charge in [0.05, 0.1) is 0 Å². The second kappa shape index (κ2) is 7.33. The Kier molecular flexibility index (Phi) is 5.72. The number of aryl methyl sites for hydroxylation is 2. The smallest absolute Gasteiger partial charge is 0.00257 e. The Morgan fingerprint density at radius 1 is 0.944 bits per heavy atom. The molecule has 1 heteroatoms. The van der Waals surface area contributed by atoms with Gasteiger partial charge in [-0.25, -0.2) is 0 Å². The molecule has 18 heavy (non-hydrogen) atoms. The molecule has 0 saturated heterocycles. The fourth-order valence-electron chi connectivity index (χ4n) is 1.76. The number of nitrogens with two attached hydrogens (primary N) is 1. The van der Waals surface area contributed by atoms with E-state index in [1.807, 2.05) is 0 Å². The molecule has 0 bridgehead atoms. The van der Waals surface area contributed by atoms with Crippen molar-refractivity contribution in [3.8, 4) is 0 Å². The van der Waals surface area contributed by atoms with E-state index in [0.29, 0.717) is 0 Å². The van der Waals surface area contributed by atoms with Gasteiger partial charge in [0.15, 0.2) is 0 Å². The van der Waals surface area contributed by atoms with E-state index < -0.39 is 0 Å². The highest BCUT2D eigenvalue weighted by atomic mass is 14.5. The van der Waals surface area contributed by atoms with E-state index in [9.17, 15) is 0 Å². The largest absolute Gasteiger partial charge is 0.405 e. The summed E-state index contributed by atoms with van der Waals surface area (Å²) in [5.74, 6) is 0. The molecule has 0 unspecified atom stereocenters. The minimum atomic E-state index is 1.03. The fourth-order valence-corrected chi connectivity index (χ4v) is 1.76. The Labute approximate surface area is 110 Å². The van der Waals surface area contributed by atoms with E-state index in [0.717, 1.165) is 6.42 Å². The summed E-state index contributed by atoms with van der Waals surface area (Å²) in [4.78, 5) is 0. The van der Waals surface area contributed by atoms with Gasteiger partial charge in [0, 0.05) is 0 Å². The van der Waals surface area contributed by atoms with Crippen molar-refractivity contribution >= 4 is 0 Å². The molecule has 0 saturated carbocycles. The third-order valence-corrected chi connectivity index (χ3v) is 2.61. The Morgan fingerprint density at radius 3 is 2.11 bits per heavy atom. The van der Waals surface area contributed by atoms with E-state index in [4.69, 9.17) is 0 Å². The van der Waals surface area contributed by atoms with Crippen LogP contribution in [0.25, 0.3) is 0 Å². The quantitative estimate of drug-likeness (QED) is 0.842. The Hall–Kier alpha value is -2.02. The van der Waals surface area contributed by atoms with Gasteiger partial charge in [0.25, 0.3) is 0 Å². The van der Waals surface area contributed by atoms with Crippen LogP contribution in [0, 0.1) is 13.8 Å². The van der Waals surface area contributed by atoms with Crippen LogP contribution in [-0.4, -0.2) is 0 Å². The molecule has 2 rings (SSSR count). The predicted octanol–water partition coefficient (Wildman–Crippen LogP) is 3.98. The lowest BCUT2D eigenvalue weighted by Gasteiger charge is -2.03. The van der Waals surface area contributed by atoms with Gasteiger partial charge in [-0.3, -0.25) is 0 Å². The highest BCUT2D eigenvalue weighted by Crippen LogP contribution is 2.11. The first-order valence-electron chi connectivity index (χ1n) is 6.09. The average Bonchev–Trinajstić information content (AvgIpc) is 2.33. The lowest BCUT2D eigenvalue weighted by molar-refractivity contribution is 1.18. The second-order valence-corrected chi connectivity index (χ2v) is 4.39. The van der Waals surface area contributed by atoms with Gasteiger partial charge in [0.1, 0.15) is 0 Å². The van der Waals surface area contributed by atoms with Crippen molar-refractivity contribution in [3.05, 3.63) is 83.6 Å². The number of benzene rings is 2. The van der Waals surface area contributed by atoms with Crippen molar-refractivity contribution in [2.24, 2.45) is 5.73 Å². The number of rotatable bonds is 2. The molecule has 94 valence electrons. The molecule has 0 aliphatic heterocycles. The van der Waals surface area contributed by atoms with Crippen molar-refractivity contribution < 1.29 is 0 Å². The standard InChI is InChI=1S/C15H16.C2H5N/c1-12-6-8-14(9-7-12)11-15-5-3-4-13(2)10-15;1-2-3/h3-10H,11H2,1-2H3;2H,1,3H2. The molecule has 0 spiro atoms. The van der Waals surface area contributed by atoms with Crippen LogP contribution in [-0.2, 0) is 6.42 Å². The van der Waals surface area contributed by atoms with E-state index in [-0.39, 0.29) is 0 Å². The van der Waals surface area contributed by atoms with Crippen LogP contribution in [0.15, 0.2) is 61.3 Å². The van der Waals surface area contributed by atoms with E-state index in [1.54, 1.807) is 0 Å². The highest BCUT2D eigenvalue weighted by molar-refractivity contribution is 5.30. The number of hydrogen-bond donors (Lipinski definition) is 1. The minimum Gasteiger partial charge on any atom is -0.405 e. The zero-order chi connectivity index (χ0) is 13.4. The van der Waals surface area contributed by atoms with Crippen LogP contribution >= 0.6 is 0 Å². The fraction of sp³-hybridized carbons (Fsp3) is 0.176. The zero-order valence-corrected chi connectivity index (χ0v) is 11.2. The van der Waals surface area contributed by atoms with Crippen LogP contribution in [0.3, 0.4) is 0 Å². The third kappa shape index (κ3) is 4.88. The summed E-state index contributed by atoms with van der Waals surface area (Å²) in [6.45, 7) is 7.40. The highest BCUT2D eigenvalue weighted by Gasteiger charge is 1.96. The van der Waals surface area contributed by atoms with Crippen molar-refractivity contribution in [3.63, 3.8) is 0 Å². The zero-order valence-electron chi connectivity index (χ0n) is 11.2. The Balaban J connectivity index is 0.000000492. The lowest BCUT2D eigenvalue weighted by atomic mass is 10.0. The van der Waals surface area contributed by atoms with E-state index >= 15 is 0 Å². The topological polar surface area (TPSA) is 26.0 Å². The first-order chi connectivity index (χ1) is 8.65. The number of hydrogen-bond acceptors (Lipinski definition) is 1. The van der Waals surface area contributed by atoms with Crippen molar-refractivity contribution in [1.82, 2.24) is 0 Å². The molecule has 0 aliphatic rings. The van der Waals surface area contributed by atoms with Gasteiger partial charge in [0.2, 0.25) is 0 Å². The maximum Gasteiger partial charge on any atom is -0.00257 e. The molecule has 0 fully saturated rings. The molecule has 0 amide bonds. The normalized spacial score (nSPS) is 9.22. The van der Waals surface area contributed by atoms with Gasteiger partial charge < -0.3 is 5.73 Å². The average molecular weight is 239 g/mol. The molecule has 0 heterocycles. The molecular formula is C17H21N. The molecule has 0 aliphatic carbocycles. The summed E-state index contributed by atoms with van der Waals surface area (Å²) in [7, 11) is 0. The van der Waals surface area contributed by atoms with Gasteiger partial charge in [-0.05, 0) is 37.6 Å². The van der Waals surface area contributed by atoms with E-state index in [1.165, 1.54) is 28.5 Å². The third-order valence-electron chi connectivity index (χ3n) is 2.61. The molecule has 0 aromatic heterocycles. The SMILES string of the molecule is C=CN.Cc1ccc(Cc2cccc(C)c2)cc1. The van der Waals surface area contributed by atoms with Gasteiger partial charge in [-0.1, -0.05) is 66.2 Å². The van der Waals surface area contributed by atoms with E-state index in [2.05, 4.69) is 74.7 Å². The molecule has 2 N–H and O–H groups in total. The van der Waals surface area contributed by atoms with Crippen LogP contribution in [0.2, 0.25) is 0 Å². The maximum atomic E-state index is 4.61. The summed E-state index contributed by atoms with van der Waals surface area (Å²) in [6, 6.07) is 17.5. The van der Waals surface area contributed by atoms with Crippen molar-refractivity contribution in [2.45, 2.75) is 20.3 Å². The second-order valence-electron chi connectivity index (χ2n) is 4.39. The van der Waals surface area contributed by atoms with Gasteiger partial charge >= 0.3 is 0 Å². The molecule has 0 atom stereocenters. The van der Waals surface area contributed by atoms with Gasteiger partial charge in [-0.2, -0.15) is 0 Å². The maximum absolute atomic E-state index is 4.61. The minimum absolute atomic E-state index is 1.03. The molecule has 1 nitrogen and oxygen atoms in total. The van der Waals surface area contributed by atoms with Gasteiger partial charge in [-0.15, -0.1) is 0 Å². The van der Waals surface area contributed by atoms with Crippen molar-refractivity contribution in [2.75, 3.05) is 0 Å². The Bertz CT molecular complexity index is 483. The molecule has 0 radical (unpaired) electrons. The Morgan fingerprint density at radius 2 is 1.56 bits per heavy atom. The first-order valence-corrected chi connectivity index (χ1v) is 6.09. The first kappa shape index (κ1) is 14.0. The summed E-state index contributed by atoms with van der Waals surface area (Å²) in [5.41, 5.74) is 10.0. The summed E-state index contributed by atoms with van der Waals surface area (Å²) < 4.78 is 0. The molecular weight excluding hydrogens is 218 g/mol. The summed E-state index contributed by atoms with van der Waals surface area (Å²) >= 11 is 0. The summed E-state index contributed by atoms with van der Waals surface area (Å²) in [5, 5.41) is 0. The van der Waals surface area contributed by atoms with Crippen LogP contribution < -0.4 is 5.73 Å². The predicted molar refractivity (Wildman–Crippen MR) is 79.5 cm³/mol. The van der Waals surface area contributed by atoms with Crippen LogP contribution in [0.1, 0.15) is 22.3 Å². The van der Waals surface area contributed by atoms with Crippen molar-refractivity contribution in [1.29, 1.82) is 0 Å². The monoisotopic (exact) mass is 239 g/mol. The summed E-state index contributed by atoms with van der Waals surface area (Å²) in [6.07, 6.45) is 2.28.